The van der Waals surface area contributed by atoms with Crippen LogP contribution in [0.2, 0.25) is 0 Å². The fraction of sp³-hybridized carbons (Fsp3) is 1.00. The molecule has 1 fully saturated rings. The summed E-state index contributed by atoms with van der Waals surface area (Å²) in [7, 11) is 2.05. The highest BCUT2D eigenvalue weighted by molar-refractivity contribution is 4.89. The molecule has 1 N–H and O–H groups in total. The van der Waals surface area contributed by atoms with Gasteiger partial charge in [-0.05, 0) is 39.2 Å². The molecule has 0 aliphatic heterocycles. The van der Waals surface area contributed by atoms with E-state index >= 15 is 0 Å². The molecule has 2 nitrogen and oxygen atoms in total. The lowest BCUT2D eigenvalue weighted by molar-refractivity contribution is -0.116. The quantitative estimate of drug-likeness (QED) is 0.621. The number of nitrogens with one attached hydrogen (secondary N) is 1. The second kappa shape index (κ2) is 8.97. The van der Waals surface area contributed by atoms with Gasteiger partial charge in [0.2, 0.25) is 0 Å². The Hall–Kier alpha value is -0.0800. The van der Waals surface area contributed by atoms with Crippen molar-refractivity contribution in [2.45, 2.75) is 90.3 Å². The first-order chi connectivity index (χ1) is 9.12. The SMILES string of the molecule is CCCCCCC(C)OC1(CNC)CCCC(C)C1. The second-order valence-corrected chi connectivity index (χ2v) is 6.69. The first-order valence-corrected chi connectivity index (χ1v) is 8.44. The molecule has 2 heteroatoms. The van der Waals surface area contributed by atoms with Crippen LogP contribution >= 0.6 is 0 Å². The summed E-state index contributed by atoms with van der Waals surface area (Å²) in [6.45, 7) is 7.92. The smallest absolute Gasteiger partial charge is 0.0812 e. The summed E-state index contributed by atoms with van der Waals surface area (Å²) in [6.07, 6.45) is 12.2. The van der Waals surface area contributed by atoms with E-state index in [0.717, 1.165) is 12.5 Å². The predicted molar refractivity (Wildman–Crippen MR) is 83.6 cm³/mol. The van der Waals surface area contributed by atoms with Crippen LogP contribution in [0.4, 0.5) is 0 Å². The number of ether oxygens (including phenoxy) is 1. The van der Waals surface area contributed by atoms with Crippen molar-refractivity contribution in [3.8, 4) is 0 Å². The maximum atomic E-state index is 6.51. The summed E-state index contributed by atoms with van der Waals surface area (Å²) >= 11 is 0. The van der Waals surface area contributed by atoms with Gasteiger partial charge in [0.15, 0.2) is 0 Å². The standard InChI is InChI=1S/C17H35NO/c1-5-6-7-8-11-16(3)19-17(14-18-4)12-9-10-15(2)13-17/h15-16,18H,5-14H2,1-4H3. The van der Waals surface area contributed by atoms with Gasteiger partial charge in [-0.1, -0.05) is 52.4 Å². The maximum Gasteiger partial charge on any atom is 0.0812 e. The lowest BCUT2D eigenvalue weighted by Crippen LogP contribution is -2.47. The van der Waals surface area contributed by atoms with Crippen molar-refractivity contribution in [1.82, 2.24) is 5.32 Å². The molecule has 1 rings (SSSR count). The van der Waals surface area contributed by atoms with Gasteiger partial charge in [-0.15, -0.1) is 0 Å². The van der Waals surface area contributed by atoms with Gasteiger partial charge in [0.25, 0.3) is 0 Å². The molecule has 0 aromatic heterocycles. The second-order valence-electron chi connectivity index (χ2n) is 6.69. The summed E-state index contributed by atoms with van der Waals surface area (Å²) < 4.78 is 6.51. The number of unbranched alkanes of at least 4 members (excludes halogenated alkanes) is 3. The van der Waals surface area contributed by atoms with Crippen LogP contribution in [-0.4, -0.2) is 25.3 Å². The molecule has 0 aromatic carbocycles. The topological polar surface area (TPSA) is 21.3 Å². The molecule has 114 valence electrons. The van der Waals surface area contributed by atoms with E-state index in [-0.39, 0.29) is 5.60 Å². The zero-order valence-electron chi connectivity index (χ0n) is 13.6. The third kappa shape index (κ3) is 6.27. The molecule has 0 radical (unpaired) electrons. The third-order valence-corrected chi connectivity index (χ3v) is 4.46. The van der Waals surface area contributed by atoms with Crippen LogP contribution in [0.25, 0.3) is 0 Å². The summed E-state index contributed by atoms with van der Waals surface area (Å²) in [5.41, 5.74) is 0.108. The number of rotatable bonds is 9. The van der Waals surface area contributed by atoms with E-state index in [9.17, 15) is 0 Å². The highest BCUT2D eigenvalue weighted by Crippen LogP contribution is 2.36. The Bertz CT molecular complexity index is 227. The maximum absolute atomic E-state index is 6.51. The Morgan fingerprint density at radius 2 is 2.11 bits per heavy atom. The van der Waals surface area contributed by atoms with Crippen LogP contribution in [-0.2, 0) is 4.74 Å². The van der Waals surface area contributed by atoms with Gasteiger partial charge in [0.05, 0.1) is 11.7 Å². The van der Waals surface area contributed by atoms with Crippen molar-refractivity contribution < 1.29 is 4.74 Å². The van der Waals surface area contributed by atoms with Gasteiger partial charge in [0.1, 0.15) is 0 Å². The molecule has 0 heterocycles. The van der Waals surface area contributed by atoms with E-state index in [1.165, 1.54) is 57.8 Å². The Morgan fingerprint density at radius 3 is 2.74 bits per heavy atom. The first-order valence-electron chi connectivity index (χ1n) is 8.44. The van der Waals surface area contributed by atoms with Crippen LogP contribution < -0.4 is 5.32 Å². The average Bonchev–Trinajstić information content (AvgIpc) is 2.35. The molecule has 1 aliphatic rings. The van der Waals surface area contributed by atoms with Crippen LogP contribution in [0, 0.1) is 5.92 Å². The van der Waals surface area contributed by atoms with E-state index in [2.05, 4.69) is 33.1 Å². The number of hydrogen-bond donors (Lipinski definition) is 1. The lowest BCUT2D eigenvalue weighted by Gasteiger charge is -2.42. The van der Waals surface area contributed by atoms with Gasteiger partial charge in [-0.2, -0.15) is 0 Å². The highest BCUT2D eigenvalue weighted by Gasteiger charge is 2.36. The van der Waals surface area contributed by atoms with Crippen molar-refractivity contribution in [2.75, 3.05) is 13.6 Å². The normalized spacial score (nSPS) is 29.4. The van der Waals surface area contributed by atoms with Crippen LogP contribution in [0.5, 0.6) is 0 Å². The molecular weight excluding hydrogens is 234 g/mol. The van der Waals surface area contributed by atoms with E-state index < -0.39 is 0 Å². The molecule has 0 amide bonds. The zero-order chi connectivity index (χ0) is 14.1. The predicted octanol–water partition coefficient (Wildman–Crippen LogP) is 4.53. The number of hydrogen-bond acceptors (Lipinski definition) is 2. The minimum absolute atomic E-state index is 0.108. The van der Waals surface area contributed by atoms with Crippen molar-refractivity contribution in [3.63, 3.8) is 0 Å². The molecule has 19 heavy (non-hydrogen) atoms. The van der Waals surface area contributed by atoms with Crippen LogP contribution in [0.15, 0.2) is 0 Å². The van der Waals surface area contributed by atoms with Crippen molar-refractivity contribution >= 4 is 0 Å². The van der Waals surface area contributed by atoms with Gasteiger partial charge in [0, 0.05) is 6.54 Å². The van der Waals surface area contributed by atoms with Gasteiger partial charge in [-0.3, -0.25) is 0 Å². The Kier molecular flexibility index (Phi) is 8.01. The fourth-order valence-corrected chi connectivity index (χ4v) is 3.59. The van der Waals surface area contributed by atoms with Gasteiger partial charge >= 0.3 is 0 Å². The lowest BCUT2D eigenvalue weighted by atomic mass is 9.78. The van der Waals surface area contributed by atoms with E-state index in [1.807, 2.05) is 0 Å². The Labute approximate surface area is 120 Å². The number of likely N-dealkylation sites (N-methyl/N-ethyl adjacent to an activating group) is 1. The molecule has 0 saturated heterocycles. The van der Waals surface area contributed by atoms with E-state index in [0.29, 0.717) is 6.10 Å². The fourth-order valence-electron chi connectivity index (χ4n) is 3.59. The summed E-state index contributed by atoms with van der Waals surface area (Å²) in [6, 6.07) is 0. The van der Waals surface area contributed by atoms with E-state index in [4.69, 9.17) is 4.74 Å². The first kappa shape index (κ1) is 17.0. The summed E-state index contributed by atoms with van der Waals surface area (Å²) in [5, 5.41) is 3.36. The average molecular weight is 269 g/mol. The summed E-state index contributed by atoms with van der Waals surface area (Å²) in [4.78, 5) is 0. The molecule has 0 bridgehead atoms. The Morgan fingerprint density at radius 1 is 1.32 bits per heavy atom. The monoisotopic (exact) mass is 269 g/mol. The molecule has 1 saturated carbocycles. The van der Waals surface area contributed by atoms with Crippen molar-refractivity contribution in [2.24, 2.45) is 5.92 Å². The minimum Gasteiger partial charge on any atom is -0.371 e. The van der Waals surface area contributed by atoms with Crippen LogP contribution in [0.3, 0.4) is 0 Å². The molecular formula is C17H35NO. The highest BCUT2D eigenvalue weighted by atomic mass is 16.5. The molecule has 3 atom stereocenters. The third-order valence-electron chi connectivity index (χ3n) is 4.46. The molecule has 1 aliphatic carbocycles. The largest absolute Gasteiger partial charge is 0.371 e. The summed E-state index contributed by atoms with van der Waals surface area (Å²) in [5.74, 6) is 0.814. The molecule has 3 unspecified atom stereocenters. The van der Waals surface area contributed by atoms with Crippen molar-refractivity contribution in [3.05, 3.63) is 0 Å². The van der Waals surface area contributed by atoms with Gasteiger partial charge in [-0.25, -0.2) is 0 Å². The molecule has 0 aromatic rings. The Balaban J connectivity index is 2.39. The van der Waals surface area contributed by atoms with Gasteiger partial charge < -0.3 is 10.1 Å². The van der Waals surface area contributed by atoms with Crippen LogP contribution in [0.1, 0.15) is 78.6 Å². The van der Waals surface area contributed by atoms with E-state index in [1.54, 1.807) is 0 Å². The minimum atomic E-state index is 0.108. The molecule has 0 spiro atoms. The van der Waals surface area contributed by atoms with Crippen molar-refractivity contribution in [1.29, 1.82) is 0 Å². The zero-order valence-corrected chi connectivity index (χ0v) is 13.6.